The van der Waals surface area contributed by atoms with Gasteiger partial charge in [0.2, 0.25) is 5.91 Å². The van der Waals surface area contributed by atoms with Crippen LogP contribution < -0.4 is 4.90 Å². The van der Waals surface area contributed by atoms with Gasteiger partial charge in [-0.3, -0.25) is 4.79 Å². The molecule has 0 N–H and O–H groups in total. The number of aryl methyl sites for hydroxylation is 1. The molecule has 5 heteroatoms. The van der Waals surface area contributed by atoms with Gasteiger partial charge in [0, 0.05) is 30.1 Å². The zero-order valence-corrected chi connectivity index (χ0v) is 16.8. The summed E-state index contributed by atoms with van der Waals surface area (Å²) in [6.45, 7) is 2.98. The van der Waals surface area contributed by atoms with Crippen LogP contribution in [-0.2, 0) is 11.3 Å². The lowest BCUT2D eigenvalue weighted by Gasteiger charge is -2.19. The molecule has 0 aliphatic carbocycles. The second-order valence-corrected chi connectivity index (χ2v) is 7.83. The average Bonchev–Trinajstić information content (AvgIpc) is 3.31. The third-order valence-corrected chi connectivity index (χ3v) is 5.87. The van der Waals surface area contributed by atoms with Crippen molar-refractivity contribution in [2.45, 2.75) is 25.8 Å². The molecule has 1 aliphatic heterocycles. The summed E-state index contributed by atoms with van der Waals surface area (Å²) < 4.78 is 16.4. The van der Waals surface area contributed by atoms with Gasteiger partial charge in [0.15, 0.2) is 0 Å². The number of carbonyl (C=O) groups excluding carboxylic acids is 1. The van der Waals surface area contributed by atoms with Gasteiger partial charge in [0.05, 0.1) is 17.6 Å². The van der Waals surface area contributed by atoms with Crippen LogP contribution in [0, 0.1) is 12.7 Å². The van der Waals surface area contributed by atoms with Gasteiger partial charge in [-0.1, -0.05) is 48.5 Å². The summed E-state index contributed by atoms with van der Waals surface area (Å²) in [5, 5.41) is 0. The van der Waals surface area contributed by atoms with Crippen LogP contribution >= 0.6 is 0 Å². The van der Waals surface area contributed by atoms with E-state index in [1.54, 1.807) is 12.1 Å². The first-order chi connectivity index (χ1) is 14.6. The second-order valence-electron chi connectivity index (χ2n) is 7.83. The van der Waals surface area contributed by atoms with Crippen molar-refractivity contribution >= 4 is 22.6 Å². The molecule has 30 heavy (non-hydrogen) atoms. The minimum Gasteiger partial charge on any atom is -0.323 e. The largest absolute Gasteiger partial charge is 0.323 e. The fraction of sp³-hybridized carbons (Fsp3) is 0.200. The summed E-state index contributed by atoms with van der Waals surface area (Å²) in [6.07, 6.45) is 0.398. The molecular formula is C25H22FN3O. The maximum atomic E-state index is 14.4. The van der Waals surface area contributed by atoms with Gasteiger partial charge < -0.3 is 9.47 Å². The molecule has 150 valence electrons. The maximum absolute atomic E-state index is 14.4. The highest BCUT2D eigenvalue weighted by Crippen LogP contribution is 2.34. The van der Waals surface area contributed by atoms with Crippen molar-refractivity contribution in [2.75, 3.05) is 11.4 Å². The van der Waals surface area contributed by atoms with Crippen molar-refractivity contribution in [3.05, 3.63) is 95.6 Å². The van der Waals surface area contributed by atoms with E-state index in [-0.39, 0.29) is 17.6 Å². The molecule has 0 bridgehead atoms. The maximum Gasteiger partial charge on any atom is 0.227 e. The minimum atomic E-state index is -0.231. The Kier molecular flexibility index (Phi) is 4.58. The first kappa shape index (κ1) is 18.6. The Balaban J connectivity index is 1.55. The van der Waals surface area contributed by atoms with Crippen LogP contribution in [0.25, 0.3) is 11.0 Å². The Morgan fingerprint density at radius 2 is 1.73 bits per heavy atom. The van der Waals surface area contributed by atoms with Crippen LogP contribution in [0.1, 0.15) is 29.3 Å². The number of fused-ring (bicyclic) bond motifs is 1. The monoisotopic (exact) mass is 399 g/mol. The molecule has 1 amide bonds. The molecule has 0 radical (unpaired) electrons. The molecular weight excluding hydrogens is 377 g/mol. The van der Waals surface area contributed by atoms with Crippen molar-refractivity contribution in [3.63, 3.8) is 0 Å². The highest BCUT2D eigenvalue weighted by atomic mass is 19.1. The van der Waals surface area contributed by atoms with Crippen LogP contribution in [0.5, 0.6) is 0 Å². The van der Waals surface area contributed by atoms with E-state index in [0.29, 0.717) is 25.1 Å². The van der Waals surface area contributed by atoms with Crippen LogP contribution in [0.4, 0.5) is 10.1 Å². The third kappa shape index (κ3) is 3.16. The van der Waals surface area contributed by atoms with E-state index in [1.807, 2.05) is 66.4 Å². The summed E-state index contributed by atoms with van der Waals surface area (Å²) >= 11 is 0. The number of hydrogen-bond donors (Lipinski definition) is 0. The smallest absolute Gasteiger partial charge is 0.227 e. The fourth-order valence-electron chi connectivity index (χ4n) is 4.35. The van der Waals surface area contributed by atoms with E-state index >= 15 is 0 Å². The van der Waals surface area contributed by atoms with Crippen LogP contribution in [0.3, 0.4) is 0 Å². The van der Waals surface area contributed by atoms with Gasteiger partial charge in [0.25, 0.3) is 0 Å². The molecule has 0 saturated carbocycles. The third-order valence-electron chi connectivity index (χ3n) is 5.87. The van der Waals surface area contributed by atoms with E-state index < -0.39 is 0 Å². The molecule has 5 rings (SSSR count). The number of benzene rings is 3. The highest BCUT2D eigenvalue weighted by Gasteiger charge is 2.35. The number of aromatic nitrogens is 2. The average molecular weight is 399 g/mol. The van der Waals surface area contributed by atoms with Gasteiger partial charge in [0.1, 0.15) is 11.6 Å². The van der Waals surface area contributed by atoms with Gasteiger partial charge in [-0.25, -0.2) is 9.37 Å². The zero-order valence-electron chi connectivity index (χ0n) is 16.8. The van der Waals surface area contributed by atoms with E-state index in [0.717, 1.165) is 28.1 Å². The molecule has 1 fully saturated rings. The molecule has 1 atom stereocenters. The number of para-hydroxylation sites is 3. The van der Waals surface area contributed by atoms with Crippen molar-refractivity contribution in [1.29, 1.82) is 0 Å². The molecule has 4 nitrogen and oxygen atoms in total. The Morgan fingerprint density at radius 3 is 2.57 bits per heavy atom. The number of halogens is 1. The van der Waals surface area contributed by atoms with Crippen molar-refractivity contribution in [3.8, 4) is 0 Å². The van der Waals surface area contributed by atoms with Crippen molar-refractivity contribution in [2.24, 2.45) is 0 Å². The fourth-order valence-corrected chi connectivity index (χ4v) is 4.35. The quantitative estimate of drug-likeness (QED) is 0.481. The van der Waals surface area contributed by atoms with Crippen LogP contribution in [-0.4, -0.2) is 22.0 Å². The number of rotatable bonds is 4. The summed E-state index contributed by atoms with van der Waals surface area (Å²) in [5.41, 5.74) is 4.46. The van der Waals surface area contributed by atoms with E-state index in [9.17, 15) is 9.18 Å². The summed E-state index contributed by atoms with van der Waals surface area (Å²) in [4.78, 5) is 19.6. The number of carbonyl (C=O) groups is 1. The van der Waals surface area contributed by atoms with Gasteiger partial charge in [-0.05, 0) is 36.8 Å². The number of nitrogens with zero attached hydrogens (tertiary/aromatic N) is 3. The van der Waals surface area contributed by atoms with Crippen molar-refractivity contribution in [1.82, 2.24) is 9.55 Å². The molecule has 2 heterocycles. The first-order valence-corrected chi connectivity index (χ1v) is 10.2. The molecule has 1 aromatic heterocycles. The lowest BCUT2D eigenvalue weighted by atomic mass is 10.1. The molecule has 4 aromatic rings. The molecule has 1 saturated heterocycles. The minimum absolute atomic E-state index is 0.0451. The topological polar surface area (TPSA) is 38.1 Å². The first-order valence-electron chi connectivity index (χ1n) is 10.2. The Bertz CT molecular complexity index is 1250. The van der Waals surface area contributed by atoms with E-state index in [1.165, 1.54) is 6.07 Å². The standard InChI is InChI=1S/C25H22FN3O/c1-17-8-2-6-12-22(17)28-16-19(14-24(28)30)25-27-21-11-5-7-13-23(21)29(25)15-18-9-3-4-10-20(18)26/h2-13,19H,14-16H2,1H3. The summed E-state index contributed by atoms with van der Waals surface area (Å²) in [6, 6.07) is 22.6. The van der Waals surface area contributed by atoms with Crippen LogP contribution in [0.2, 0.25) is 0 Å². The number of anilines is 1. The second kappa shape index (κ2) is 7.41. The normalized spacial score (nSPS) is 16.5. The molecule has 0 spiro atoms. The molecule has 1 aliphatic rings. The SMILES string of the molecule is Cc1ccccc1N1CC(c2nc3ccccc3n2Cc2ccccc2F)CC1=O. The molecule has 3 aromatic carbocycles. The highest BCUT2D eigenvalue weighted by molar-refractivity contribution is 5.97. The summed E-state index contributed by atoms with van der Waals surface area (Å²) in [7, 11) is 0. The number of hydrogen-bond acceptors (Lipinski definition) is 2. The van der Waals surface area contributed by atoms with Crippen molar-refractivity contribution < 1.29 is 9.18 Å². The van der Waals surface area contributed by atoms with E-state index in [4.69, 9.17) is 4.98 Å². The Morgan fingerprint density at radius 1 is 1.00 bits per heavy atom. The van der Waals surface area contributed by atoms with E-state index in [2.05, 4.69) is 4.57 Å². The van der Waals surface area contributed by atoms with Gasteiger partial charge in [-0.2, -0.15) is 0 Å². The lowest BCUT2D eigenvalue weighted by Crippen LogP contribution is -2.25. The number of amides is 1. The number of imidazole rings is 1. The van der Waals surface area contributed by atoms with Crippen LogP contribution in [0.15, 0.2) is 72.8 Å². The zero-order chi connectivity index (χ0) is 20.7. The lowest BCUT2D eigenvalue weighted by molar-refractivity contribution is -0.117. The van der Waals surface area contributed by atoms with Gasteiger partial charge in [-0.15, -0.1) is 0 Å². The summed E-state index contributed by atoms with van der Waals surface area (Å²) in [5.74, 6) is 0.657. The molecule has 1 unspecified atom stereocenters. The predicted molar refractivity (Wildman–Crippen MR) is 116 cm³/mol. The Hall–Kier alpha value is -3.47. The van der Waals surface area contributed by atoms with Gasteiger partial charge >= 0.3 is 0 Å². The Labute approximate surface area is 174 Å². The predicted octanol–water partition coefficient (Wildman–Crippen LogP) is 5.05.